The lowest BCUT2D eigenvalue weighted by Crippen LogP contribution is -2.37. The second-order valence-corrected chi connectivity index (χ2v) is 17.7. The molecular formula is C47H61Cl2N13O4. The molecule has 4 aromatic heterocycles. The van der Waals surface area contributed by atoms with Gasteiger partial charge in [0.25, 0.3) is 5.91 Å². The number of nitrogens with zero attached hydrogens (tertiary/aromatic N) is 9. The Morgan fingerprint density at radius 1 is 0.894 bits per heavy atom. The lowest BCUT2D eigenvalue weighted by Gasteiger charge is -2.29. The van der Waals surface area contributed by atoms with Gasteiger partial charge in [0.2, 0.25) is 11.9 Å². The number of anilines is 4. The number of amides is 2. The van der Waals surface area contributed by atoms with E-state index in [9.17, 15) is 9.59 Å². The van der Waals surface area contributed by atoms with Gasteiger partial charge < -0.3 is 40.2 Å². The number of aromatic nitrogens is 8. The van der Waals surface area contributed by atoms with Gasteiger partial charge in [0.05, 0.1) is 53.4 Å². The minimum atomic E-state index is -0.117. The number of morpholine rings is 1. The highest BCUT2D eigenvalue weighted by Gasteiger charge is 2.23. The maximum absolute atomic E-state index is 12.3. The highest BCUT2D eigenvalue weighted by Crippen LogP contribution is 2.32. The Balaban J connectivity index is 0.679. The molecule has 0 radical (unpaired) electrons. The molecule has 19 heteroatoms. The van der Waals surface area contributed by atoms with E-state index in [-0.39, 0.29) is 24.3 Å². The number of fused-ring (bicyclic) bond motifs is 3. The molecule has 2 amide bonds. The molecule has 66 heavy (non-hydrogen) atoms. The number of benzene rings is 2. The van der Waals surface area contributed by atoms with Gasteiger partial charge in [-0.2, -0.15) is 15.1 Å². The Bertz CT molecular complexity index is 2550. The second kappa shape index (κ2) is 23.2. The van der Waals surface area contributed by atoms with Crippen LogP contribution in [-0.2, 0) is 34.3 Å². The fraction of sp³-hybridized carbons (Fsp3) is 0.511. The molecule has 2 aromatic carbocycles. The van der Waals surface area contributed by atoms with Gasteiger partial charge in [-0.15, -0.1) is 11.6 Å². The number of carbonyl (C=O) groups excluding carboxylic acids is 2. The predicted molar refractivity (Wildman–Crippen MR) is 261 cm³/mol. The number of rotatable bonds is 24. The molecule has 1 saturated heterocycles. The van der Waals surface area contributed by atoms with Crippen molar-refractivity contribution < 1.29 is 19.1 Å². The van der Waals surface area contributed by atoms with Crippen molar-refractivity contribution in [3.05, 3.63) is 65.5 Å². The molecule has 6 heterocycles. The van der Waals surface area contributed by atoms with E-state index in [1.165, 1.54) is 51.4 Å². The average Bonchev–Trinajstić information content (AvgIpc) is 4.08. The Kier molecular flexibility index (Phi) is 16.5. The molecule has 17 nitrogen and oxygen atoms in total. The number of carbonyl (C=O) groups is 2. The summed E-state index contributed by atoms with van der Waals surface area (Å²) in [7, 11) is 1.88. The molecule has 0 saturated carbocycles. The average molecular weight is 943 g/mol. The van der Waals surface area contributed by atoms with Crippen LogP contribution in [0.25, 0.3) is 27.9 Å². The normalized spacial score (nSPS) is 13.9. The van der Waals surface area contributed by atoms with Crippen LogP contribution in [0.4, 0.5) is 23.1 Å². The molecule has 0 unspecified atom stereocenters. The van der Waals surface area contributed by atoms with Gasteiger partial charge in [-0.1, -0.05) is 69.4 Å². The zero-order valence-corrected chi connectivity index (χ0v) is 39.3. The van der Waals surface area contributed by atoms with Gasteiger partial charge in [0.15, 0.2) is 23.6 Å². The zero-order chi connectivity index (χ0) is 45.7. The number of unbranched alkanes of at least 4 members (excludes halogenated alkanes) is 10. The van der Waals surface area contributed by atoms with Gasteiger partial charge in [0, 0.05) is 51.7 Å². The Hall–Kier alpha value is -5.65. The van der Waals surface area contributed by atoms with Crippen LogP contribution in [0.2, 0.25) is 5.02 Å². The minimum Gasteiger partial charge on any atom is -0.484 e. The third-order valence-corrected chi connectivity index (χ3v) is 12.7. The van der Waals surface area contributed by atoms with E-state index in [1.807, 2.05) is 48.1 Å². The van der Waals surface area contributed by atoms with Crippen LogP contribution < -0.4 is 30.5 Å². The van der Waals surface area contributed by atoms with Gasteiger partial charge in [-0.3, -0.25) is 18.8 Å². The van der Waals surface area contributed by atoms with E-state index in [0.717, 1.165) is 78.1 Å². The van der Waals surface area contributed by atoms with Crippen LogP contribution in [0, 0.1) is 0 Å². The fourth-order valence-corrected chi connectivity index (χ4v) is 8.97. The monoisotopic (exact) mass is 941 g/mol. The van der Waals surface area contributed by atoms with Crippen molar-refractivity contribution >= 4 is 80.4 Å². The van der Waals surface area contributed by atoms with Crippen molar-refractivity contribution in [1.82, 2.24) is 44.6 Å². The third-order valence-electron chi connectivity index (χ3n) is 12.1. The molecule has 0 aliphatic carbocycles. The third kappa shape index (κ3) is 12.2. The number of ether oxygens (including phenoxy) is 2. The number of aryl methyl sites for hydroxylation is 2. The Morgan fingerprint density at radius 2 is 1.65 bits per heavy atom. The van der Waals surface area contributed by atoms with Crippen LogP contribution in [-0.4, -0.2) is 110 Å². The van der Waals surface area contributed by atoms with Crippen molar-refractivity contribution in [2.24, 2.45) is 7.05 Å². The number of nitrogens with one attached hydrogen (secondary N) is 4. The molecule has 352 valence electrons. The molecule has 0 atom stereocenters. The second-order valence-electron chi connectivity index (χ2n) is 17.0. The summed E-state index contributed by atoms with van der Waals surface area (Å²) in [5, 5.41) is 15.0. The van der Waals surface area contributed by atoms with Crippen molar-refractivity contribution in [3.63, 3.8) is 0 Å². The molecule has 2 aliphatic heterocycles. The summed E-state index contributed by atoms with van der Waals surface area (Å²) in [5.74, 6) is 2.40. The molecule has 8 rings (SSSR count). The first-order valence-electron chi connectivity index (χ1n) is 23.4. The van der Waals surface area contributed by atoms with Gasteiger partial charge in [-0.25, -0.2) is 9.97 Å². The van der Waals surface area contributed by atoms with E-state index >= 15 is 0 Å². The Morgan fingerprint density at radius 3 is 2.39 bits per heavy atom. The van der Waals surface area contributed by atoms with Crippen LogP contribution >= 0.6 is 23.2 Å². The first-order valence-corrected chi connectivity index (χ1v) is 24.4. The van der Waals surface area contributed by atoms with Crippen LogP contribution in [0.3, 0.4) is 0 Å². The first kappa shape index (κ1) is 46.9. The largest absolute Gasteiger partial charge is 0.484 e. The van der Waals surface area contributed by atoms with Crippen molar-refractivity contribution in [1.29, 1.82) is 0 Å². The lowest BCUT2D eigenvalue weighted by atomic mass is 10.0. The SMILES string of the molecule is Cn1cc(-n2cnc3c(NCc4nc5cc(NCCCCCCCCCCCCCNC(=O)COc6ccc7c(c6)CCCN7C(=O)CCl)c(Cl)cc5[nH]4)nc(N4CCOCC4)nc32)cn1. The predicted octanol–water partition coefficient (Wildman–Crippen LogP) is 7.94. The maximum atomic E-state index is 12.3. The van der Waals surface area contributed by atoms with Gasteiger partial charge >= 0.3 is 0 Å². The standard InChI is InChI=1S/C47H61Cl2N13O4/c1-59-30-34(28-54-59)62-32-53-44-45(57-47(58-46(44)62)60-20-22-65-23-21-60)52-29-41-55-38-25-36(49)37(26-39(38)56-41)50-17-11-9-7-5-3-2-4-6-8-10-12-18-51-42(63)31-66-35-15-16-40-33(24-35)14-13-19-61(40)43(64)27-48/h15-16,24-26,28,30,32,50H,2-14,17-23,27,29,31H2,1H3,(H,51,63)(H,55,56)(H,52,57,58). The zero-order valence-electron chi connectivity index (χ0n) is 37.8. The fourth-order valence-electron chi connectivity index (χ4n) is 8.59. The molecule has 6 aromatic rings. The number of hydrogen-bond acceptors (Lipinski definition) is 12. The molecule has 4 N–H and O–H groups in total. The van der Waals surface area contributed by atoms with E-state index in [4.69, 9.17) is 52.6 Å². The number of H-pyrrole nitrogens is 1. The molecule has 0 bridgehead atoms. The summed E-state index contributed by atoms with van der Waals surface area (Å²) in [6.45, 7) is 5.25. The van der Waals surface area contributed by atoms with E-state index in [1.54, 1.807) is 22.1 Å². The number of halogens is 2. The van der Waals surface area contributed by atoms with Gasteiger partial charge in [-0.05, 0) is 61.6 Å². The van der Waals surface area contributed by atoms with Crippen LogP contribution in [0.1, 0.15) is 88.4 Å². The molecular weight excluding hydrogens is 882 g/mol. The summed E-state index contributed by atoms with van der Waals surface area (Å²) >= 11 is 12.5. The highest BCUT2D eigenvalue weighted by atomic mass is 35.5. The summed E-state index contributed by atoms with van der Waals surface area (Å²) < 4.78 is 15.0. The minimum absolute atomic E-state index is 0.0200. The maximum Gasteiger partial charge on any atom is 0.257 e. The summed E-state index contributed by atoms with van der Waals surface area (Å²) in [5.41, 5.74) is 6.75. The quantitative estimate of drug-likeness (QED) is 0.0340. The number of alkyl halides is 1. The topological polar surface area (TPSA) is 185 Å². The van der Waals surface area contributed by atoms with Crippen molar-refractivity contribution in [2.45, 2.75) is 90.0 Å². The molecule has 2 aliphatic rings. The number of hydrogen-bond donors (Lipinski definition) is 4. The van der Waals surface area contributed by atoms with Crippen molar-refractivity contribution in [2.75, 3.05) is 78.9 Å². The Labute approximate surface area is 395 Å². The van der Waals surface area contributed by atoms with Gasteiger partial charge in [0.1, 0.15) is 23.8 Å². The first-order chi connectivity index (χ1) is 32.3. The van der Waals surface area contributed by atoms with E-state index < -0.39 is 0 Å². The van der Waals surface area contributed by atoms with Crippen LogP contribution in [0.15, 0.2) is 49.1 Å². The summed E-state index contributed by atoms with van der Waals surface area (Å²) in [6.07, 6.45) is 20.2. The number of aromatic amines is 1. The van der Waals surface area contributed by atoms with Crippen molar-refractivity contribution in [3.8, 4) is 11.4 Å². The highest BCUT2D eigenvalue weighted by molar-refractivity contribution is 6.34. The number of imidazole rings is 2. The van der Waals surface area contributed by atoms with E-state index in [0.29, 0.717) is 79.6 Å². The summed E-state index contributed by atoms with van der Waals surface area (Å²) in [4.78, 5) is 51.2. The van der Waals surface area contributed by atoms with E-state index in [2.05, 4.69) is 30.9 Å². The van der Waals surface area contributed by atoms with Crippen LogP contribution in [0.5, 0.6) is 5.75 Å². The molecule has 1 fully saturated rings. The summed E-state index contributed by atoms with van der Waals surface area (Å²) in [6, 6.07) is 9.56. The smallest absolute Gasteiger partial charge is 0.257 e. The lowest BCUT2D eigenvalue weighted by molar-refractivity contribution is -0.123. The molecule has 0 spiro atoms.